The van der Waals surface area contributed by atoms with Crippen LogP contribution in [0.4, 0.5) is 0 Å². The van der Waals surface area contributed by atoms with Gasteiger partial charge in [-0.05, 0) is 41.7 Å². The van der Waals surface area contributed by atoms with Gasteiger partial charge in [-0.3, -0.25) is 9.59 Å². The summed E-state index contributed by atoms with van der Waals surface area (Å²) in [5.74, 6) is -2.05. The topological polar surface area (TPSA) is 103 Å². The minimum absolute atomic E-state index is 0.0413. The lowest BCUT2D eigenvalue weighted by Gasteiger charge is -2.54. The first-order chi connectivity index (χ1) is 20.3. The first-order valence-corrected chi connectivity index (χ1v) is 14.0. The molecule has 7 rings (SSSR count). The molecule has 8 heteroatoms. The van der Waals surface area contributed by atoms with Crippen LogP contribution in [-0.4, -0.2) is 30.6 Å². The van der Waals surface area contributed by atoms with Gasteiger partial charge >= 0.3 is 11.4 Å². The Morgan fingerprint density at radius 1 is 0.857 bits per heavy atom. The average Bonchev–Trinajstić information content (AvgIpc) is 3.24. The monoisotopic (exact) mass is 559 g/mol. The number of phenols is 1. The van der Waals surface area contributed by atoms with Crippen LogP contribution in [0, 0.1) is 12.8 Å². The second-order valence-corrected chi connectivity index (χ2v) is 11.4. The summed E-state index contributed by atoms with van der Waals surface area (Å²) < 4.78 is 3.89. The van der Waals surface area contributed by atoms with Crippen molar-refractivity contribution in [2.24, 2.45) is 13.0 Å². The van der Waals surface area contributed by atoms with Crippen molar-refractivity contribution in [2.75, 3.05) is 0 Å². The van der Waals surface area contributed by atoms with Gasteiger partial charge in [0.2, 0.25) is 0 Å². The molecule has 3 aromatic carbocycles. The smallest absolute Gasteiger partial charge is 0.347 e. The molecule has 1 saturated carbocycles. The third-order valence-corrected chi connectivity index (χ3v) is 9.41. The van der Waals surface area contributed by atoms with Crippen LogP contribution in [0.3, 0.4) is 0 Å². The molecule has 4 atom stereocenters. The number of carbonyl (C=O) groups excluding carboxylic acids is 2. The van der Waals surface area contributed by atoms with Gasteiger partial charge in [-0.25, -0.2) is 23.5 Å². The standard InChI is InChI=1S/C34H29N3O5/c1-20-10-9-15-24(30(20)39)29-23-16-17-36-32(41)35(2)33(42)37(36)27(23)19-26-31(40)25(21-11-5-3-6-12-21)18-28(38)34(26,29)22-13-7-4-8-14-22/h3-16,18,26-27,29,39H,17,19H2,1-2H3/t26-,27+,29+,34-/m0/s1. The van der Waals surface area contributed by atoms with Crippen molar-refractivity contribution >= 4 is 17.1 Å². The molecule has 1 fully saturated rings. The second kappa shape index (κ2) is 9.27. The molecule has 42 heavy (non-hydrogen) atoms. The van der Waals surface area contributed by atoms with Crippen molar-refractivity contribution in [1.82, 2.24) is 13.9 Å². The number of benzene rings is 3. The molecule has 0 bridgehead atoms. The fourth-order valence-electron chi connectivity index (χ4n) is 7.50. The Bertz CT molecular complexity index is 1960. The van der Waals surface area contributed by atoms with Crippen LogP contribution in [0.15, 0.2) is 106 Å². The van der Waals surface area contributed by atoms with E-state index < -0.39 is 34.7 Å². The highest BCUT2D eigenvalue weighted by Crippen LogP contribution is 2.62. The van der Waals surface area contributed by atoms with E-state index in [1.807, 2.05) is 72.8 Å². The highest BCUT2D eigenvalue weighted by Gasteiger charge is 2.63. The van der Waals surface area contributed by atoms with Crippen LogP contribution in [0.25, 0.3) is 5.57 Å². The summed E-state index contributed by atoms with van der Waals surface area (Å²) in [6.07, 6.45) is 3.50. The zero-order valence-corrected chi connectivity index (χ0v) is 23.2. The molecule has 1 aromatic heterocycles. The van der Waals surface area contributed by atoms with Gasteiger partial charge in [0.15, 0.2) is 11.6 Å². The van der Waals surface area contributed by atoms with Crippen molar-refractivity contribution in [1.29, 1.82) is 0 Å². The molecule has 1 N–H and O–H groups in total. The lowest BCUT2D eigenvalue weighted by atomic mass is 9.47. The maximum absolute atomic E-state index is 14.8. The van der Waals surface area contributed by atoms with Gasteiger partial charge in [0.05, 0.1) is 18.0 Å². The molecular weight excluding hydrogens is 530 g/mol. The summed E-state index contributed by atoms with van der Waals surface area (Å²) >= 11 is 0. The number of phenolic OH excluding ortho intramolecular Hbond substituents is 1. The summed E-state index contributed by atoms with van der Waals surface area (Å²) in [7, 11) is 1.44. The predicted molar refractivity (Wildman–Crippen MR) is 157 cm³/mol. The lowest BCUT2D eigenvalue weighted by molar-refractivity contribution is -0.133. The Morgan fingerprint density at radius 3 is 2.26 bits per heavy atom. The largest absolute Gasteiger partial charge is 0.507 e. The van der Waals surface area contributed by atoms with E-state index in [-0.39, 0.29) is 30.3 Å². The van der Waals surface area contributed by atoms with E-state index in [1.54, 1.807) is 19.1 Å². The molecule has 0 saturated heterocycles. The number of allylic oxidation sites excluding steroid dienone is 4. The molecule has 1 aliphatic heterocycles. The summed E-state index contributed by atoms with van der Waals surface area (Å²) in [5, 5.41) is 11.5. The Hall–Kier alpha value is -4.98. The quantitative estimate of drug-likeness (QED) is 0.385. The molecule has 2 aliphatic carbocycles. The molecular formula is C34H29N3O5. The zero-order chi connectivity index (χ0) is 29.3. The number of hydrogen-bond acceptors (Lipinski definition) is 5. The predicted octanol–water partition coefficient (Wildman–Crippen LogP) is 3.82. The fourth-order valence-corrected chi connectivity index (χ4v) is 7.50. The molecule has 210 valence electrons. The van der Waals surface area contributed by atoms with Gasteiger partial charge in [-0.15, -0.1) is 0 Å². The minimum atomic E-state index is -1.38. The zero-order valence-electron chi connectivity index (χ0n) is 23.2. The average molecular weight is 560 g/mol. The van der Waals surface area contributed by atoms with Crippen molar-refractivity contribution < 1.29 is 14.7 Å². The summed E-state index contributed by atoms with van der Waals surface area (Å²) in [6.45, 7) is 1.92. The third kappa shape index (κ3) is 3.35. The Morgan fingerprint density at radius 2 is 1.55 bits per heavy atom. The number of rotatable bonds is 3. The van der Waals surface area contributed by atoms with Crippen LogP contribution in [0.2, 0.25) is 0 Å². The summed E-state index contributed by atoms with van der Waals surface area (Å²) in [4.78, 5) is 56.0. The van der Waals surface area contributed by atoms with Gasteiger partial charge in [0, 0.05) is 30.0 Å². The molecule has 8 nitrogen and oxygen atoms in total. The van der Waals surface area contributed by atoms with E-state index in [9.17, 15) is 24.3 Å². The number of Topliss-reactive ketones (excluding diaryl/α,β-unsaturated/α-hetero) is 1. The number of nitrogens with zero attached hydrogens (tertiary/aromatic N) is 3. The maximum Gasteiger partial charge on any atom is 0.347 e. The highest BCUT2D eigenvalue weighted by atomic mass is 16.3. The Balaban J connectivity index is 1.58. The van der Waals surface area contributed by atoms with Gasteiger partial charge in [0.25, 0.3) is 0 Å². The van der Waals surface area contributed by atoms with Crippen molar-refractivity contribution in [3.63, 3.8) is 0 Å². The first kappa shape index (κ1) is 26.0. The van der Waals surface area contributed by atoms with Gasteiger partial charge in [-0.2, -0.15) is 0 Å². The number of carbonyl (C=O) groups is 2. The minimum Gasteiger partial charge on any atom is -0.507 e. The van der Waals surface area contributed by atoms with E-state index in [1.165, 1.54) is 22.5 Å². The van der Waals surface area contributed by atoms with Crippen LogP contribution in [-0.2, 0) is 28.6 Å². The Kier molecular flexibility index (Phi) is 5.73. The van der Waals surface area contributed by atoms with Crippen LogP contribution in [0.5, 0.6) is 5.75 Å². The number of aromatic hydroxyl groups is 1. The van der Waals surface area contributed by atoms with Gasteiger partial charge < -0.3 is 5.11 Å². The van der Waals surface area contributed by atoms with E-state index in [0.29, 0.717) is 27.8 Å². The maximum atomic E-state index is 14.8. The third-order valence-electron chi connectivity index (χ3n) is 9.41. The van der Waals surface area contributed by atoms with E-state index in [4.69, 9.17) is 0 Å². The van der Waals surface area contributed by atoms with Crippen molar-refractivity contribution in [2.45, 2.75) is 37.3 Å². The van der Waals surface area contributed by atoms with E-state index >= 15 is 0 Å². The number of aromatic nitrogens is 3. The molecule has 0 amide bonds. The normalized spacial score (nSPS) is 24.8. The van der Waals surface area contributed by atoms with Crippen molar-refractivity contribution in [3.05, 3.63) is 140 Å². The molecule has 3 aliphatic rings. The van der Waals surface area contributed by atoms with Crippen LogP contribution < -0.4 is 11.4 Å². The number of aryl methyl sites for hydroxylation is 1. The number of ketones is 2. The molecule has 2 heterocycles. The molecule has 0 spiro atoms. The summed E-state index contributed by atoms with van der Waals surface area (Å²) in [6, 6.07) is 23.2. The highest BCUT2D eigenvalue weighted by molar-refractivity contribution is 6.31. The number of hydrogen-bond donors (Lipinski definition) is 1. The molecule has 0 radical (unpaired) electrons. The van der Waals surface area contributed by atoms with E-state index in [0.717, 1.165) is 10.1 Å². The Labute approximate surface area is 241 Å². The number of para-hydroxylation sites is 1. The lowest BCUT2D eigenvalue weighted by Crippen LogP contribution is -2.58. The van der Waals surface area contributed by atoms with E-state index in [2.05, 4.69) is 0 Å². The first-order valence-electron chi connectivity index (χ1n) is 14.0. The SMILES string of the molecule is Cc1cccc([C@H]2C3=CCn4c(=O)n(C)c(=O)n4[C@@H]3C[C@H]3C(=O)C(c4ccccc4)=CC(=O)[C@@]23c2ccccc2)c1O. The van der Waals surface area contributed by atoms with Crippen LogP contribution >= 0.6 is 0 Å². The van der Waals surface area contributed by atoms with Crippen molar-refractivity contribution in [3.8, 4) is 5.75 Å². The number of fused-ring (bicyclic) bond motifs is 4. The fraction of sp³-hybridized carbons (Fsp3) is 0.235. The summed E-state index contributed by atoms with van der Waals surface area (Å²) in [5.41, 5.74) is 1.21. The van der Waals surface area contributed by atoms with Gasteiger partial charge in [-0.1, -0.05) is 84.9 Å². The molecule has 4 aromatic rings. The van der Waals surface area contributed by atoms with Crippen LogP contribution in [0.1, 0.15) is 40.6 Å². The second-order valence-electron chi connectivity index (χ2n) is 11.4. The van der Waals surface area contributed by atoms with Gasteiger partial charge in [0.1, 0.15) is 5.75 Å². The molecule has 0 unspecified atom stereocenters.